The van der Waals surface area contributed by atoms with Crippen molar-refractivity contribution in [3.8, 4) is 0 Å². The van der Waals surface area contributed by atoms with Crippen molar-refractivity contribution in [2.75, 3.05) is 0 Å². The molecule has 0 atom stereocenters. The van der Waals surface area contributed by atoms with Crippen molar-refractivity contribution in [2.45, 2.75) is 38.9 Å². The molecular weight excluding hydrogens is 236 g/mol. The molecule has 1 aliphatic heterocycles. The standard InChI is InChI=1S/C12H17BFNO3/c1-11(2)12(3,4)18-13(17-11)8-6-9(14)15(5)10(16)7-8/h6-7H,1-5H3. The Bertz CT molecular complexity index is 523. The van der Waals surface area contributed by atoms with E-state index >= 15 is 0 Å². The van der Waals surface area contributed by atoms with Crippen LogP contribution in [0.1, 0.15) is 27.7 Å². The molecule has 0 amide bonds. The Morgan fingerprint density at radius 3 is 2.11 bits per heavy atom. The van der Waals surface area contributed by atoms with Crippen LogP contribution in [0.15, 0.2) is 16.9 Å². The van der Waals surface area contributed by atoms with Gasteiger partial charge in [-0.05, 0) is 39.2 Å². The Kier molecular flexibility index (Phi) is 2.90. The molecule has 4 nitrogen and oxygen atoms in total. The first-order chi connectivity index (χ1) is 8.14. The van der Waals surface area contributed by atoms with Gasteiger partial charge in [-0.25, -0.2) is 0 Å². The maximum absolute atomic E-state index is 13.5. The molecule has 2 heterocycles. The lowest BCUT2D eigenvalue weighted by Crippen LogP contribution is -2.41. The van der Waals surface area contributed by atoms with Crippen LogP contribution in [0.3, 0.4) is 0 Å². The number of hydrogen-bond donors (Lipinski definition) is 0. The van der Waals surface area contributed by atoms with Crippen LogP contribution in [0.4, 0.5) is 4.39 Å². The Morgan fingerprint density at radius 1 is 1.17 bits per heavy atom. The second-order valence-corrected chi connectivity index (χ2v) is 5.60. The SMILES string of the molecule is Cn1c(F)cc(B2OC(C)(C)C(C)(C)O2)cc1=O. The number of nitrogens with zero attached hydrogens (tertiary/aromatic N) is 1. The summed E-state index contributed by atoms with van der Waals surface area (Å²) in [4.78, 5) is 11.6. The van der Waals surface area contributed by atoms with Gasteiger partial charge in [0, 0.05) is 13.1 Å². The fraction of sp³-hybridized carbons (Fsp3) is 0.583. The van der Waals surface area contributed by atoms with Crippen molar-refractivity contribution < 1.29 is 13.7 Å². The van der Waals surface area contributed by atoms with E-state index in [9.17, 15) is 9.18 Å². The molecule has 2 rings (SSSR count). The summed E-state index contributed by atoms with van der Waals surface area (Å²) >= 11 is 0. The highest BCUT2D eigenvalue weighted by molar-refractivity contribution is 6.62. The maximum atomic E-state index is 13.5. The van der Waals surface area contributed by atoms with Crippen molar-refractivity contribution in [3.05, 3.63) is 28.4 Å². The van der Waals surface area contributed by atoms with Gasteiger partial charge in [-0.2, -0.15) is 4.39 Å². The van der Waals surface area contributed by atoms with Gasteiger partial charge < -0.3 is 9.31 Å². The van der Waals surface area contributed by atoms with E-state index in [-0.39, 0.29) is 0 Å². The normalized spacial score (nSPS) is 21.3. The molecule has 0 saturated carbocycles. The quantitative estimate of drug-likeness (QED) is 0.549. The van der Waals surface area contributed by atoms with Gasteiger partial charge in [0.1, 0.15) is 0 Å². The molecule has 0 aliphatic carbocycles. The van der Waals surface area contributed by atoms with Crippen LogP contribution in [0, 0.1) is 5.95 Å². The molecule has 1 aliphatic rings. The van der Waals surface area contributed by atoms with Crippen molar-refractivity contribution >= 4 is 12.6 Å². The van der Waals surface area contributed by atoms with Gasteiger partial charge in [0.15, 0.2) is 5.95 Å². The fourth-order valence-electron chi connectivity index (χ4n) is 1.74. The summed E-state index contributed by atoms with van der Waals surface area (Å²) in [5.74, 6) is -0.604. The van der Waals surface area contributed by atoms with Gasteiger partial charge in [0.25, 0.3) is 5.56 Å². The maximum Gasteiger partial charge on any atom is 0.495 e. The molecule has 0 spiro atoms. The highest BCUT2D eigenvalue weighted by Crippen LogP contribution is 2.36. The molecule has 0 aromatic carbocycles. The molecule has 0 bridgehead atoms. The van der Waals surface area contributed by atoms with E-state index < -0.39 is 29.8 Å². The third-order valence-electron chi connectivity index (χ3n) is 3.75. The molecule has 1 fully saturated rings. The van der Waals surface area contributed by atoms with Crippen molar-refractivity contribution in [1.82, 2.24) is 4.57 Å². The summed E-state index contributed by atoms with van der Waals surface area (Å²) < 4.78 is 26.0. The summed E-state index contributed by atoms with van der Waals surface area (Å²) in [5, 5.41) is 0. The van der Waals surface area contributed by atoms with E-state index in [0.29, 0.717) is 5.46 Å². The van der Waals surface area contributed by atoms with Gasteiger partial charge in [-0.15, -0.1) is 0 Å². The lowest BCUT2D eigenvalue weighted by atomic mass is 9.80. The molecule has 1 aromatic rings. The lowest BCUT2D eigenvalue weighted by Gasteiger charge is -2.32. The first kappa shape index (κ1) is 13.3. The Morgan fingerprint density at radius 2 is 1.67 bits per heavy atom. The van der Waals surface area contributed by atoms with Crippen LogP contribution >= 0.6 is 0 Å². The predicted molar refractivity (Wildman–Crippen MR) is 67.4 cm³/mol. The first-order valence-electron chi connectivity index (χ1n) is 5.86. The molecule has 0 N–H and O–H groups in total. The number of rotatable bonds is 1. The lowest BCUT2D eigenvalue weighted by molar-refractivity contribution is 0.00578. The number of halogens is 1. The molecule has 0 radical (unpaired) electrons. The van der Waals surface area contributed by atoms with E-state index in [1.807, 2.05) is 27.7 Å². The van der Waals surface area contributed by atoms with Crippen molar-refractivity contribution in [1.29, 1.82) is 0 Å². The smallest absolute Gasteiger partial charge is 0.399 e. The summed E-state index contributed by atoms with van der Waals surface area (Å²) in [5.41, 5.74) is -1.02. The third kappa shape index (κ3) is 1.99. The summed E-state index contributed by atoms with van der Waals surface area (Å²) in [6.07, 6.45) is 0. The monoisotopic (exact) mass is 253 g/mol. The molecule has 1 aromatic heterocycles. The minimum absolute atomic E-state index is 0.411. The Labute approximate surface area is 106 Å². The summed E-state index contributed by atoms with van der Waals surface area (Å²) in [6.45, 7) is 7.63. The number of pyridine rings is 1. The van der Waals surface area contributed by atoms with E-state index in [2.05, 4.69) is 0 Å². The molecular formula is C12H17BFNO3. The first-order valence-corrected chi connectivity index (χ1v) is 5.86. The Hall–Kier alpha value is -1.14. The predicted octanol–water partition coefficient (Wildman–Crippen LogP) is 0.824. The van der Waals surface area contributed by atoms with Crippen molar-refractivity contribution in [3.63, 3.8) is 0 Å². The van der Waals surface area contributed by atoms with Crippen LogP contribution in [-0.2, 0) is 16.4 Å². The molecule has 98 valence electrons. The zero-order valence-corrected chi connectivity index (χ0v) is 11.3. The molecule has 1 saturated heterocycles. The number of aromatic nitrogens is 1. The average molecular weight is 253 g/mol. The minimum Gasteiger partial charge on any atom is -0.399 e. The van der Waals surface area contributed by atoms with Crippen LogP contribution in [-0.4, -0.2) is 22.9 Å². The minimum atomic E-state index is -0.710. The molecule has 0 unspecified atom stereocenters. The summed E-state index contributed by atoms with van der Waals surface area (Å²) in [6, 6.07) is 2.61. The average Bonchev–Trinajstić information content (AvgIpc) is 2.44. The molecule has 6 heteroatoms. The van der Waals surface area contributed by atoms with Gasteiger partial charge in [-0.1, -0.05) is 0 Å². The summed E-state index contributed by atoms with van der Waals surface area (Å²) in [7, 11) is 0.671. The van der Waals surface area contributed by atoms with Crippen LogP contribution in [0.5, 0.6) is 0 Å². The van der Waals surface area contributed by atoms with Crippen LogP contribution in [0.2, 0.25) is 0 Å². The van der Waals surface area contributed by atoms with Crippen molar-refractivity contribution in [2.24, 2.45) is 7.05 Å². The van der Waals surface area contributed by atoms with E-state index in [1.54, 1.807) is 0 Å². The third-order valence-corrected chi connectivity index (χ3v) is 3.75. The zero-order valence-electron chi connectivity index (χ0n) is 11.3. The van der Waals surface area contributed by atoms with Crippen LogP contribution < -0.4 is 11.0 Å². The van der Waals surface area contributed by atoms with Crippen LogP contribution in [0.25, 0.3) is 0 Å². The van der Waals surface area contributed by atoms with Gasteiger partial charge >= 0.3 is 7.12 Å². The van der Waals surface area contributed by atoms with E-state index in [0.717, 1.165) is 4.57 Å². The largest absolute Gasteiger partial charge is 0.495 e. The Balaban J connectivity index is 2.39. The zero-order chi connectivity index (χ0) is 13.7. The van der Waals surface area contributed by atoms with E-state index in [4.69, 9.17) is 9.31 Å². The molecule has 18 heavy (non-hydrogen) atoms. The second-order valence-electron chi connectivity index (χ2n) is 5.60. The van der Waals surface area contributed by atoms with Gasteiger partial charge in [0.05, 0.1) is 11.2 Å². The van der Waals surface area contributed by atoms with E-state index in [1.165, 1.54) is 19.2 Å². The van der Waals surface area contributed by atoms with Gasteiger partial charge in [-0.3, -0.25) is 9.36 Å². The highest BCUT2D eigenvalue weighted by Gasteiger charge is 2.51. The van der Waals surface area contributed by atoms with Gasteiger partial charge in [0.2, 0.25) is 0 Å². The number of hydrogen-bond acceptors (Lipinski definition) is 3. The highest BCUT2D eigenvalue weighted by atomic mass is 19.1. The topological polar surface area (TPSA) is 40.5 Å². The second kappa shape index (κ2) is 3.93. The fourth-order valence-corrected chi connectivity index (χ4v) is 1.74.